The molecule has 0 saturated carbocycles. The number of rotatable bonds is 4. The minimum Gasteiger partial charge on any atom is -0.480 e. The monoisotopic (exact) mass is 301 g/mol. The minimum absolute atomic E-state index is 0.239. The number of halogens is 1. The van der Waals surface area contributed by atoms with Crippen molar-refractivity contribution in [3.05, 3.63) is 27.7 Å². The van der Waals surface area contributed by atoms with Gasteiger partial charge in [0.2, 0.25) is 0 Å². The molecular weight excluding hydrogens is 294 g/mol. The second kappa shape index (κ2) is 4.90. The lowest BCUT2D eigenvalue weighted by atomic mass is 10.3. The first-order chi connectivity index (χ1) is 7.65. The molecule has 1 aromatic heterocycles. The number of aliphatic carboxylic acids is 1. The first kappa shape index (κ1) is 11.5. The first-order valence-corrected chi connectivity index (χ1v) is 6.10. The van der Waals surface area contributed by atoms with Gasteiger partial charge in [-0.1, -0.05) is 15.9 Å². The fourth-order valence-corrected chi connectivity index (χ4v) is 2.47. The lowest BCUT2D eigenvalue weighted by Crippen LogP contribution is -2.06. The van der Waals surface area contributed by atoms with E-state index in [-0.39, 0.29) is 13.2 Å². The lowest BCUT2D eigenvalue weighted by Gasteiger charge is -1.95. The van der Waals surface area contributed by atoms with Crippen LogP contribution in [0.3, 0.4) is 0 Å². The molecule has 0 spiro atoms. The molecule has 4 nitrogen and oxygen atoms in total. The second-order valence-electron chi connectivity index (χ2n) is 3.11. The molecule has 0 aliphatic heterocycles. The molecule has 1 aromatic carbocycles. The molecule has 0 atom stereocenters. The Morgan fingerprint density at radius 3 is 3.12 bits per heavy atom. The number of nitrogens with zero attached hydrogens (tertiary/aromatic N) is 1. The van der Waals surface area contributed by atoms with Gasteiger partial charge in [0.15, 0.2) is 0 Å². The van der Waals surface area contributed by atoms with Crippen LogP contribution in [0.4, 0.5) is 0 Å². The van der Waals surface area contributed by atoms with E-state index in [1.165, 1.54) is 11.3 Å². The average Bonchev–Trinajstić information content (AvgIpc) is 2.58. The number of thiazole rings is 1. The summed E-state index contributed by atoms with van der Waals surface area (Å²) in [7, 11) is 0. The predicted molar refractivity (Wildman–Crippen MR) is 64.6 cm³/mol. The molecular formula is C10H8BrNO3S. The molecule has 6 heteroatoms. The van der Waals surface area contributed by atoms with Crippen molar-refractivity contribution in [2.45, 2.75) is 6.61 Å². The summed E-state index contributed by atoms with van der Waals surface area (Å²) < 4.78 is 7.02. The van der Waals surface area contributed by atoms with Crippen molar-refractivity contribution in [2.75, 3.05) is 6.61 Å². The van der Waals surface area contributed by atoms with Crippen molar-refractivity contribution in [3.8, 4) is 0 Å². The van der Waals surface area contributed by atoms with Gasteiger partial charge in [-0.2, -0.15) is 0 Å². The van der Waals surface area contributed by atoms with E-state index in [1.54, 1.807) is 0 Å². The second-order valence-corrected chi connectivity index (χ2v) is 5.14. The van der Waals surface area contributed by atoms with Crippen LogP contribution in [0.2, 0.25) is 0 Å². The predicted octanol–water partition coefficient (Wildman–Crippen LogP) is 2.66. The molecule has 0 aliphatic rings. The van der Waals surface area contributed by atoms with E-state index < -0.39 is 5.97 Å². The molecule has 1 N–H and O–H groups in total. The molecule has 0 aliphatic carbocycles. The Kier molecular flexibility index (Phi) is 3.52. The molecule has 1 heterocycles. The van der Waals surface area contributed by atoms with Gasteiger partial charge in [-0.05, 0) is 18.2 Å². The average molecular weight is 302 g/mol. The standard InChI is InChI=1S/C10H8BrNO3S/c11-6-1-2-8-7(3-6)12-9(16-8)4-15-5-10(13)14/h1-3H,4-5H2,(H,13,14). The van der Waals surface area contributed by atoms with Crippen molar-refractivity contribution in [1.29, 1.82) is 0 Å². The highest BCUT2D eigenvalue weighted by Gasteiger charge is 2.05. The van der Waals surface area contributed by atoms with E-state index in [1.807, 2.05) is 18.2 Å². The number of hydrogen-bond donors (Lipinski definition) is 1. The van der Waals surface area contributed by atoms with Crippen LogP contribution in [0, 0.1) is 0 Å². The zero-order chi connectivity index (χ0) is 11.5. The highest BCUT2D eigenvalue weighted by Crippen LogP contribution is 2.25. The summed E-state index contributed by atoms with van der Waals surface area (Å²) in [5.74, 6) is -0.969. The molecule has 0 fully saturated rings. The van der Waals surface area contributed by atoms with Crippen molar-refractivity contribution >= 4 is 43.5 Å². The molecule has 0 unspecified atom stereocenters. The molecule has 0 amide bonds. The van der Waals surface area contributed by atoms with Gasteiger partial charge in [-0.15, -0.1) is 11.3 Å². The molecule has 2 rings (SSSR count). The number of fused-ring (bicyclic) bond motifs is 1. The highest BCUT2D eigenvalue weighted by atomic mass is 79.9. The van der Waals surface area contributed by atoms with E-state index in [4.69, 9.17) is 9.84 Å². The maximum atomic E-state index is 10.3. The van der Waals surface area contributed by atoms with E-state index in [2.05, 4.69) is 20.9 Å². The molecule has 2 aromatic rings. The van der Waals surface area contributed by atoms with E-state index in [0.717, 1.165) is 19.7 Å². The number of carboxylic acid groups (broad SMARTS) is 1. The van der Waals surface area contributed by atoms with Crippen molar-refractivity contribution in [3.63, 3.8) is 0 Å². The van der Waals surface area contributed by atoms with Crippen LogP contribution in [0.15, 0.2) is 22.7 Å². The highest BCUT2D eigenvalue weighted by molar-refractivity contribution is 9.10. The molecule has 0 bridgehead atoms. The third-order valence-electron chi connectivity index (χ3n) is 1.84. The third kappa shape index (κ3) is 2.78. The molecule has 16 heavy (non-hydrogen) atoms. The van der Waals surface area contributed by atoms with Gasteiger partial charge in [0.05, 0.1) is 16.8 Å². The van der Waals surface area contributed by atoms with Crippen LogP contribution in [0.5, 0.6) is 0 Å². The maximum Gasteiger partial charge on any atom is 0.329 e. The van der Waals surface area contributed by atoms with E-state index in [0.29, 0.717) is 0 Å². The number of aromatic nitrogens is 1. The van der Waals surface area contributed by atoms with Crippen LogP contribution in [-0.4, -0.2) is 22.7 Å². The molecule has 84 valence electrons. The number of carboxylic acids is 1. The van der Waals surface area contributed by atoms with Crippen molar-refractivity contribution in [1.82, 2.24) is 4.98 Å². The van der Waals surface area contributed by atoms with Gasteiger partial charge in [0.25, 0.3) is 0 Å². The Morgan fingerprint density at radius 2 is 2.38 bits per heavy atom. The summed E-state index contributed by atoms with van der Waals surface area (Å²) in [6, 6.07) is 5.84. The number of hydrogen-bond acceptors (Lipinski definition) is 4. The van der Waals surface area contributed by atoms with Crippen molar-refractivity contribution < 1.29 is 14.6 Å². The third-order valence-corrected chi connectivity index (χ3v) is 3.35. The Balaban J connectivity index is 2.10. The number of ether oxygens (including phenoxy) is 1. The summed E-state index contributed by atoms with van der Waals surface area (Å²) >= 11 is 4.88. The number of carbonyl (C=O) groups is 1. The normalized spacial score (nSPS) is 10.8. The van der Waals surface area contributed by atoms with Gasteiger partial charge >= 0.3 is 5.97 Å². The van der Waals surface area contributed by atoms with Gasteiger partial charge in [-0.3, -0.25) is 0 Å². The molecule has 0 saturated heterocycles. The molecule has 0 radical (unpaired) electrons. The first-order valence-electron chi connectivity index (χ1n) is 4.49. The van der Waals surface area contributed by atoms with Gasteiger partial charge < -0.3 is 9.84 Å². The van der Waals surface area contributed by atoms with Crippen LogP contribution in [0.1, 0.15) is 5.01 Å². The van der Waals surface area contributed by atoms with Crippen LogP contribution in [0.25, 0.3) is 10.2 Å². The summed E-state index contributed by atoms with van der Waals surface area (Å²) in [6.07, 6.45) is 0. The topological polar surface area (TPSA) is 59.4 Å². The number of benzene rings is 1. The summed E-state index contributed by atoms with van der Waals surface area (Å²) in [5.41, 5.74) is 0.897. The quantitative estimate of drug-likeness (QED) is 0.943. The zero-order valence-corrected chi connectivity index (χ0v) is 10.5. The summed E-state index contributed by atoms with van der Waals surface area (Å²) in [6.45, 7) is -0.0527. The summed E-state index contributed by atoms with van der Waals surface area (Å²) in [4.78, 5) is 14.6. The summed E-state index contributed by atoms with van der Waals surface area (Å²) in [5, 5.41) is 9.21. The van der Waals surface area contributed by atoms with Crippen LogP contribution < -0.4 is 0 Å². The van der Waals surface area contributed by atoms with E-state index >= 15 is 0 Å². The smallest absolute Gasteiger partial charge is 0.329 e. The fourth-order valence-electron chi connectivity index (χ4n) is 1.24. The SMILES string of the molecule is O=C(O)COCc1nc2cc(Br)ccc2s1. The lowest BCUT2D eigenvalue weighted by molar-refractivity contribution is -0.142. The Labute approximate surface area is 104 Å². The van der Waals surface area contributed by atoms with Gasteiger partial charge in [-0.25, -0.2) is 9.78 Å². The maximum absolute atomic E-state index is 10.3. The Hall–Kier alpha value is -0.980. The largest absolute Gasteiger partial charge is 0.480 e. The van der Waals surface area contributed by atoms with Crippen molar-refractivity contribution in [2.24, 2.45) is 0 Å². The Morgan fingerprint density at radius 1 is 1.56 bits per heavy atom. The van der Waals surface area contributed by atoms with Crippen LogP contribution in [-0.2, 0) is 16.1 Å². The van der Waals surface area contributed by atoms with Crippen LogP contribution >= 0.6 is 27.3 Å². The zero-order valence-electron chi connectivity index (χ0n) is 8.14. The fraction of sp³-hybridized carbons (Fsp3) is 0.200. The Bertz CT molecular complexity index is 526. The van der Waals surface area contributed by atoms with E-state index in [9.17, 15) is 4.79 Å². The minimum atomic E-state index is -0.969. The van der Waals surface area contributed by atoms with Gasteiger partial charge in [0, 0.05) is 4.47 Å². The van der Waals surface area contributed by atoms with Gasteiger partial charge in [0.1, 0.15) is 11.6 Å².